The first-order chi connectivity index (χ1) is 5.91. The van der Waals surface area contributed by atoms with Gasteiger partial charge in [0.15, 0.2) is 0 Å². The number of aromatic nitrogens is 2. The lowest BCUT2D eigenvalue weighted by atomic mass is 10.4. The van der Waals surface area contributed by atoms with Crippen molar-refractivity contribution in [3.63, 3.8) is 0 Å². The number of hydrogen-bond donors (Lipinski definition) is 0. The minimum absolute atomic E-state index is 0.233. The highest BCUT2D eigenvalue weighted by molar-refractivity contribution is 6.44. The molecular weight excluding hydrogens is 228 g/mol. The Kier molecular flexibility index (Phi) is 2.98. The SMILES string of the molecule is FC(F)(F)c1ncc(C(Cl)Cl)cn1. The van der Waals surface area contributed by atoms with Crippen molar-refractivity contribution in [2.24, 2.45) is 0 Å². The van der Waals surface area contributed by atoms with Crippen LogP contribution >= 0.6 is 23.2 Å². The second-order valence-corrected chi connectivity index (χ2v) is 3.23. The Bertz CT molecular complexity index is 283. The van der Waals surface area contributed by atoms with Gasteiger partial charge >= 0.3 is 6.18 Å². The largest absolute Gasteiger partial charge is 0.451 e. The molecule has 1 aromatic heterocycles. The number of hydrogen-bond acceptors (Lipinski definition) is 2. The van der Waals surface area contributed by atoms with Crippen molar-refractivity contribution >= 4 is 23.2 Å². The van der Waals surface area contributed by atoms with Crippen molar-refractivity contribution in [3.05, 3.63) is 23.8 Å². The molecule has 72 valence electrons. The molecule has 0 saturated carbocycles. The molecule has 1 heterocycles. The summed E-state index contributed by atoms with van der Waals surface area (Å²) >= 11 is 10.7. The Morgan fingerprint density at radius 3 is 1.92 bits per heavy atom. The fourth-order valence-electron chi connectivity index (χ4n) is 0.597. The standard InChI is InChI=1S/C6H3Cl2F3N2/c7-4(8)3-1-12-5(13-2-3)6(9,10)11/h1-2,4H. The van der Waals surface area contributed by atoms with Crippen LogP contribution in [-0.4, -0.2) is 9.97 Å². The summed E-state index contributed by atoms with van der Waals surface area (Å²) in [6.45, 7) is 0. The summed E-state index contributed by atoms with van der Waals surface area (Å²) < 4.78 is 35.8. The molecule has 0 aromatic carbocycles. The third-order valence-electron chi connectivity index (χ3n) is 1.18. The van der Waals surface area contributed by atoms with Gasteiger partial charge in [-0.1, -0.05) is 23.2 Å². The molecule has 0 N–H and O–H groups in total. The van der Waals surface area contributed by atoms with E-state index in [4.69, 9.17) is 23.2 Å². The number of rotatable bonds is 1. The zero-order chi connectivity index (χ0) is 10.1. The molecule has 0 amide bonds. The third-order valence-corrected chi connectivity index (χ3v) is 1.68. The van der Waals surface area contributed by atoms with Gasteiger partial charge in [0, 0.05) is 18.0 Å². The highest BCUT2D eigenvalue weighted by atomic mass is 35.5. The van der Waals surface area contributed by atoms with Crippen molar-refractivity contribution in [3.8, 4) is 0 Å². The van der Waals surface area contributed by atoms with Gasteiger partial charge in [-0.3, -0.25) is 0 Å². The van der Waals surface area contributed by atoms with E-state index in [1.165, 1.54) is 0 Å². The predicted molar refractivity (Wildman–Crippen MR) is 41.5 cm³/mol. The van der Waals surface area contributed by atoms with Gasteiger partial charge in [-0.25, -0.2) is 9.97 Å². The Morgan fingerprint density at radius 1 is 1.15 bits per heavy atom. The fraction of sp³-hybridized carbons (Fsp3) is 0.333. The summed E-state index contributed by atoms with van der Waals surface area (Å²) in [4.78, 5) is 5.22. The molecule has 0 aliphatic heterocycles. The first kappa shape index (κ1) is 10.5. The highest BCUT2D eigenvalue weighted by Crippen LogP contribution is 2.27. The van der Waals surface area contributed by atoms with Crippen LogP contribution in [0.4, 0.5) is 13.2 Å². The van der Waals surface area contributed by atoms with E-state index in [0.717, 1.165) is 12.4 Å². The average molecular weight is 231 g/mol. The molecule has 0 fully saturated rings. The molecule has 0 aliphatic carbocycles. The van der Waals surface area contributed by atoms with Crippen LogP contribution in [-0.2, 0) is 6.18 Å². The number of halogens is 5. The predicted octanol–water partition coefficient (Wildman–Crippen LogP) is 2.97. The summed E-state index contributed by atoms with van der Waals surface area (Å²) in [5.74, 6) is -1.20. The van der Waals surface area contributed by atoms with Crippen LogP contribution in [0.5, 0.6) is 0 Å². The Balaban J connectivity index is 2.94. The van der Waals surface area contributed by atoms with Gasteiger partial charge in [0.2, 0.25) is 5.82 Å². The molecule has 1 rings (SSSR count). The van der Waals surface area contributed by atoms with Gasteiger partial charge in [0.25, 0.3) is 0 Å². The van der Waals surface area contributed by atoms with Crippen molar-refractivity contribution in [2.45, 2.75) is 11.0 Å². The van der Waals surface area contributed by atoms with Gasteiger partial charge in [0.05, 0.1) is 0 Å². The van der Waals surface area contributed by atoms with Crippen molar-refractivity contribution in [2.75, 3.05) is 0 Å². The minimum Gasteiger partial charge on any atom is -0.233 e. The lowest BCUT2D eigenvalue weighted by molar-refractivity contribution is -0.145. The van der Waals surface area contributed by atoms with Crippen LogP contribution in [0.25, 0.3) is 0 Å². The summed E-state index contributed by atoms with van der Waals surface area (Å²) in [5, 5.41) is 0. The third kappa shape index (κ3) is 2.70. The topological polar surface area (TPSA) is 25.8 Å². The molecule has 13 heavy (non-hydrogen) atoms. The maximum absolute atomic E-state index is 11.9. The van der Waals surface area contributed by atoms with Crippen molar-refractivity contribution in [1.29, 1.82) is 0 Å². The molecule has 0 radical (unpaired) electrons. The first-order valence-electron chi connectivity index (χ1n) is 3.08. The van der Waals surface area contributed by atoms with E-state index >= 15 is 0 Å². The lowest BCUT2D eigenvalue weighted by Gasteiger charge is -2.05. The molecule has 2 nitrogen and oxygen atoms in total. The first-order valence-corrected chi connectivity index (χ1v) is 3.96. The normalized spacial score (nSPS) is 12.2. The van der Waals surface area contributed by atoms with Crippen LogP contribution in [0.15, 0.2) is 12.4 Å². The lowest BCUT2D eigenvalue weighted by Crippen LogP contribution is -2.10. The zero-order valence-corrected chi connectivity index (χ0v) is 7.53. The van der Waals surface area contributed by atoms with E-state index in [2.05, 4.69) is 9.97 Å². The minimum atomic E-state index is -4.54. The maximum atomic E-state index is 11.9. The van der Waals surface area contributed by atoms with E-state index in [-0.39, 0.29) is 5.56 Å². The number of alkyl halides is 5. The second kappa shape index (κ2) is 3.67. The van der Waals surface area contributed by atoms with Crippen molar-refractivity contribution < 1.29 is 13.2 Å². The molecule has 0 unspecified atom stereocenters. The molecule has 7 heteroatoms. The fourth-order valence-corrected chi connectivity index (χ4v) is 0.822. The average Bonchev–Trinajstić information content (AvgIpc) is 2.03. The Hall–Kier alpha value is -0.550. The number of nitrogens with zero attached hydrogens (tertiary/aromatic N) is 2. The molecular formula is C6H3Cl2F3N2. The Labute approximate surface area is 81.7 Å². The molecule has 0 spiro atoms. The highest BCUT2D eigenvalue weighted by Gasteiger charge is 2.34. The van der Waals surface area contributed by atoms with E-state index in [1.807, 2.05) is 0 Å². The quantitative estimate of drug-likeness (QED) is 0.694. The van der Waals surface area contributed by atoms with Crippen LogP contribution in [0, 0.1) is 0 Å². The van der Waals surface area contributed by atoms with E-state index in [0.29, 0.717) is 0 Å². The van der Waals surface area contributed by atoms with Crippen LogP contribution in [0.2, 0.25) is 0 Å². The van der Waals surface area contributed by atoms with Crippen LogP contribution in [0.1, 0.15) is 16.2 Å². The van der Waals surface area contributed by atoms with Gasteiger partial charge in [0.1, 0.15) is 4.84 Å². The Morgan fingerprint density at radius 2 is 1.62 bits per heavy atom. The maximum Gasteiger partial charge on any atom is 0.451 e. The van der Waals surface area contributed by atoms with E-state index < -0.39 is 16.8 Å². The van der Waals surface area contributed by atoms with Gasteiger partial charge < -0.3 is 0 Å². The molecule has 1 aromatic rings. The van der Waals surface area contributed by atoms with E-state index in [1.54, 1.807) is 0 Å². The summed E-state index contributed by atoms with van der Waals surface area (Å²) in [6.07, 6.45) is -2.65. The molecule has 0 aliphatic rings. The van der Waals surface area contributed by atoms with Gasteiger partial charge in [-0.2, -0.15) is 13.2 Å². The summed E-state index contributed by atoms with van der Waals surface area (Å²) in [5.41, 5.74) is 0.233. The second-order valence-electron chi connectivity index (χ2n) is 2.14. The molecule has 0 atom stereocenters. The van der Waals surface area contributed by atoms with Crippen LogP contribution in [0.3, 0.4) is 0 Å². The zero-order valence-electron chi connectivity index (χ0n) is 6.02. The molecule has 0 bridgehead atoms. The van der Waals surface area contributed by atoms with E-state index in [9.17, 15) is 13.2 Å². The summed E-state index contributed by atoms with van der Waals surface area (Å²) in [6, 6.07) is 0. The monoisotopic (exact) mass is 230 g/mol. The van der Waals surface area contributed by atoms with Crippen LogP contribution < -0.4 is 0 Å². The van der Waals surface area contributed by atoms with Crippen molar-refractivity contribution in [1.82, 2.24) is 9.97 Å². The van der Waals surface area contributed by atoms with Gasteiger partial charge in [-0.05, 0) is 0 Å². The van der Waals surface area contributed by atoms with Gasteiger partial charge in [-0.15, -0.1) is 0 Å². The molecule has 0 saturated heterocycles. The smallest absolute Gasteiger partial charge is 0.233 e. The summed E-state index contributed by atoms with van der Waals surface area (Å²) in [7, 11) is 0.